The molecule has 1 aliphatic heterocycles. The summed E-state index contributed by atoms with van der Waals surface area (Å²) in [6, 6.07) is 3.58. The zero-order valence-corrected chi connectivity index (χ0v) is 17.9. The summed E-state index contributed by atoms with van der Waals surface area (Å²) < 4.78 is 75.2. The minimum absolute atomic E-state index is 0.0836. The Morgan fingerprint density at radius 3 is 2.61 bits per heavy atom. The molecule has 178 valence electrons. The lowest BCUT2D eigenvalue weighted by Crippen LogP contribution is -2.44. The van der Waals surface area contributed by atoms with Gasteiger partial charge in [-0.3, -0.25) is 4.57 Å². The molecule has 3 rings (SSSR count). The molecule has 1 aliphatic rings. The number of nitrogens with zero attached hydrogens (tertiary/aromatic N) is 5. The quantitative estimate of drug-likeness (QED) is 0.625. The van der Waals surface area contributed by atoms with Gasteiger partial charge in [0.2, 0.25) is 0 Å². The topological polar surface area (TPSA) is 94.0 Å². The van der Waals surface area contributed by atoms with Gasteiger partial charge in [0, 0.05) is 12.1 Å². The fourth-order valence-electron chi connectivity index (χ4n) is 2.94. The molecule has 0 radical (unpaired) electrons. The smallest absolute Gasteiger partial charge is 0.388 e. The number of hydrogen-bond donors (Lipinski definition) is 1. The minimum atomic E-state index is -4.84. The molecule has 2 aromatic rings. The average Bonchev–Trinajstić information content (AvgIpc) is 3.30. The largest absolute Gasteiger partial charge is 0.414 e. The number of alkyl halides is 3. The van der Waals surface area contributed by atoms with Crippen LogP contribution in [-0.4, -0.2) is 49.4 Å². The molecule has 2 heterocycles. The Morgan fingerprint density at radius 2 is 2.06 bits per heavy atom. The van der Waals surface area contributed by atoms with Gasteiger partial charge in [-0.25, -0.2) is 13.6 Å². The lowest BCUT2D eigenvalue weighted by Gasteiger charge is -2.22. The highest BCUT2D eigenvalue weighted by Gasteiger charge is 2.43. The van der Waals surface area contributed by atoms with Crippen LogP contribution < -0.4 is 5.69 Å². The molecule has 1 aromatic carbocycles. The molecule has 33 heavy (non-hydrogen) atoms. The molecule has 1 unspecified atom stereocenters. The lowest BCUT2D eigenvalue weighted by atomic mass is 10.1. The molecule has 2 atom stereocenters. The highest BCUT2D eigenvalue weighted by molar-refractivity contribution is 6.32. The number of hydrogen-bond acceptors (Lipinski definition) is 6. The van der Waals surface area contributed by atoms with Crippen molar-refractivity contribution in [2.75, 3.05) is 0 Å². The van der Waals surface area contributed by atoms with Crippen molar-refractivity contribution in [1.82, 2.24) is 14.3 Å². The molecule has 0 aliphatic carbocycles. The van der Waals surface area contributed by atoms with Gasteiger partial charge in [-0.2, -0.15) is 17.9 Å². The maximum Gasteiger partial charge on any atom is 0.414 e. The van der Waals surface area contributed by atoms with Crippen LogP contribution in [0, 0.1) is 5.82 Å². The summed E-state index contributed by atoms with van der Waals surface area (Å²) in [5.74, 6) is -2.83. The molecule has 0 fully saturated rings. The molecule has 1 aromatic heterocycles. The molecule has 0 saturated carbocycles. The van der Waals surface area contributed by atoms with Crippen LogP contribution in [0.15, 0.2) is 39.0 Å². The maximum atomic E-state index is 15.1. The average molecular weight is 494 g/mol. The van der Waals surface area contributed by atoms with E-state index in [2.05, 4.69) is 15.3 Å². The van der Waals surface area contributed by atoms with Crippen LogP contribution in [-0.2, 0) is 17.9 Å². The van der Waals surface area contributed by atoms with Crippen LogP contribution in [0.1, 0.15) is 25.2 Å². The van der Waals surface area contributed by atoms with E-state index in [9.17, 15) is 27.5 Å². The van der Waals surface area contributed by atoms with Crippen LogP contribution in [0.5, 0.6) is 0 Å². The van der Waals surface area contributed by atoms with Crippen LogP contribution in [0.3, 0.4) is 0 Å². The van der Waals surface area contributed by atoms with E-state index >= 15 is 4.39 Å². The molecule has 8 nitrogen and oxygen atoms in total. The van der Waals surface area contributed by atoms with E-state index in [0.717, 1.165) is 10.6 Å². The number of aliphatic hydroxyl groups excluding tert-OH is 1. The Bertz CT molecular complexity index is 1180. The summed E-state index contributed by atoms with van der Waals surface area (Å²) in [6.07, 6.45) is -8.54. The van der Waals surface area contributed by atoms with Crippen molar-refractivity contribution in [2.24, 2.45) is 10.2 Å². The number of halogens is 6. The standard InChI is InChI=1S/C19H17ClF5N5O3/c1-3-29-14(8-31)28-30(18(29)32)17-16(33-9(2)19(23,24)25)15(26-27-17)13(22)7-10-11(20)5-4-6-12(10)21/h4-7,9,16,31H,3,8H2,1-2H3/b13-7-/t9-,16?/m0/s1. The van der Waals surface area contributed by atoms with Crippen molar-refractivity contribution in [3.8, 4) is 0 Å². The summed E-state index contributed by atoms with van der Waals surface area (Å²) in [4.78, 5) is 12.6. The van der Waals surface area contributed by atoms with E-state index in [-0.39, 0.29) is 23.0 Å². The summed E-state index contributed by atoms with van der Waals surface area (Å²) in [7, 11) is 0. The van der Waals surface area contributed by atoms with Crippen molar-refractivity contribution in [3.63, 3.8) is 0 Å². The van der Waals surface area contributed by atoms with Gasteiger partial charge in [-0.1, -0.05) is 17.7 Å². The fourth-order valence-corrected chi connectivity index (χ4v) is 3.15. The SMILES string of the molecule is CCn1c(CO)nn(C2=NN=C(/C(F)=C/c3c(F)cccc3Cl)C2O[C@@H](C)C(F)(F)F)c1=O. The van der Waals surface area contributed by atoms with Crippen LogP contribution in [0.2, 0.25) is 5.02 Å². The van der Waals surface area contributed by atoms with E-state index in [1.165, 1.54) is 12.1 Å². The number of rotatable bonds is 6. The Morgan fingerprint density at radius 1 is 1.36 bits per heavy atom. The number of aliphatic hydroxyl groups is 1. The number of aromatic nitrogens is 3. The summed E-state index contributed by atoms with van der Waals surface area (Å²) in [5, 5.41) is 20.2. The van der Waals surface area contributed by atoms with E-state index in [0.29, 0.717) is 17.7 Å². The molecular formula is C19H17ClF5N5O3. The first-order valence-electron chi connectivity index (χ1n) is 9.48. The van der Waals surface area contributed by atoms with Crippen LogP contribution in [0.4, 0.5) is 22.0 Å². The van der Waals surface area contributed by atoms with E-state index < -0.39 is 53.9 Å². The van der Waals surface area contributed by atoms with Gasteiger partial charge >= 0.3 is 11.9 Å². The Kier molecular flexibility index (Phi) is 7.14. The van der Waals surface area contributed by atoms with Gasteiger partial charge in [-0.05, 0) is 32.1 Å². The second kappa shape index (κ2) is 9.53. The highest BCUT2D eigenvalue weighted by Crippen LogP contribution is 2.28. The van der Waals surface area contributed by atoms with Gasteiger partial charge in [-0.15, -0.1) is 15.3 Å². The third-order valence-electron chi connectivity index (χ3n) is 4.67. The summed E-state index contributed by atoms with van der Waals surface area (Å²) in [6.45, 7) is 1.68. The van der Waals surface area contributed by atoms with E-state index in [4.69, 9.17) is 16.3 Å². The lowest BCUT2D eigenvalue weighted by molar-refractivity contribution is -0.214. The van der Waals surface area contributed by atoms with Crippen molar-refractivity contribution in [1.29, 1.82) is 0 Å². The molecule has 14 heteroatoms. The zero-order valence-electron chi connectivity index (χ0n) is 17.1. The molecule has 0 spiro atoms. The molecule has 0 bridgehead atoms. The predicted octanol–water partition coefficient (Wildman–Crippen LogP) is 3.31. The van der Waals surface area contributed by atoms with Crippen molar-refractivity contribution < 1.29 is 31.8 Å². The first-order valence-corrected chi connectivity index (χ1v) is 9.86. The van der Waals surface area contributed by atoms with Crippen LogP contribution >= 0.6 is 11.6 Å². The number of ether oxygens (including phenoxy) is 1. The second-order valence-electron chi connectivity index (χ2n) is 6.78. The third-order valence-corrected chi connectivity index (χ3v) is 5.00. The summed E-state index contributed by atoms with van der Waals surface area (Å²) >= 11 is 5.88. The predicted molar refractivity (Wildman–Crippen MR) is 109 cm³/mol. The minimum Gasteiger partial charge on any atom is -0.388 e. The molecule has 1 N–H and O–H groups in total. The number of benzene rings is 1. The van der Waals surface area contributed by atoms with E-state index in [1.807, 2.05) is 0 Å². The molecule has 0 saturated heterocycles. The Hall–Kier alpha value is -2.90. The summed E-state index contributed by atoms with van der Waals surface area (Å²) in [5.41, 5.74) is -1.97. The fraction of sp³-hybridized carbons (Fsp3) is 0.368. The van der Waals surface area contributed by atoms with Gasteiger partial charge in [0.05, 0.1) is 5.02 Å². The van der Waals surface area contributed by atoms with Crippen LogP contribution in [0.25, 0.3) is 6.08 Å². The monoisotopic (exact) mass is 493 g/mol. The van der Waals surface area contributed by atoms with Crippen molar-refractivity contribution >= 4 is 29.2 Å². The zero-order chi connectivity index (χ0) is 24.5. The first-order chi connectivity index (χ1) is 15.5. The van der Waals surface area contributed by atoms with Gasteiger partial charge < -0.3 is 9.84 Å². The Balaban J connectivity index is 2.07. The van der Waals surface area contributed by atoms with Crippen molar-refractivity contribution in [2.45, 2.75) is 45.4 Å². The van der Waals surface area contributed by atoms with Gasteiger partial charge in [0.1, 0.15) is 18.1 Å². The van der Waals surface area contributed by atoms with E-state index in [1.54, 1.807) is 6.92 Å². The molecular weight excluding hydrogens is 477 g/mol. The van der Waals surface area contributed by atoms with Gasteiger partial charge in [0.25, 0.3) is 0 Å². The highest BCUT2D eigenvalue weighted by atomic mass is 35.5. The first kappa shape index (κ1) is 24.7. The van der Waals surface area contributed by atoms with Crippen molar-refractivity contribution in [3.05, 3.63) is 56.7 Å². The Labute approximate surface area is 188 Å². The maximum absolute atomic E-state index is 15.1. The molecule has 0 amide bonds. The van der Waals surface area contributed by atoms with Gasteiger partial charge in [0.15, 0.2) is 29.7 Å². The normalized spacial score (nSPS) is 17.8. The second-order valence-corrected chi connectivity index (χ2v) is 7.19. The third kappa shape index (κ3) is 4.89.